The van der Waals surface area contributed by atoms with Crippen LogP contribution in [0.3, 0.4) is 0 Å². The van der Waals surface area contributed by atoms with Crippen molar-refractivity contribution in [1.82, 2.24) is 4.90 Å². The molecule has 2 N–H and O–H groups in total. The maximum absolute atomic E-state index is 10.3. The Morgan fingerprint density at radius 2 is 1.90 bits per heavy atom. The maximum atomic E-state index is 10.3. The standard InChI is InChI=1S/C6H13NO3/c1-4(6(9)10)7(3)5(2)8/h4-5,8H,1-3H3,(H,9,10). The Morgan fingerprint density at radius 1 is 1.50 bits per heavy atom. The number of carbonyl (C=O) groups is 1. The first-order valence-electron chi connectivity index (χ1n) is 3.09. The van der Waals surface area contributed by atoms with E-state index in [9.17, 15) is 4.79 Å². The quantitative estimate of drug-likeness (QED) is 0.539. The van der Waals surface area contributed by atoms with Crippen molar-refractivity contribution in [2.24, 2.45) is 0 Å². The SMILES string of the molecule is CC(O)N(C)C(C)C(=O)O. The van der Waals surface area contributed by atoms with E-state index in [-0.39, 0.29) is 0 Å². The molecule has 0 bridgehead atoms. The molecular formula is C6H13NO3. The first kappa shape index (κ1) is 9.39. The average molecular weight is 147 g/mol. The molecule has 0 radical (unpaired) electrons. The molecular weight excluding hydrogens is 134 g/mol. The molecule has 0 aliphatic heterocycles. The lowest BCUT2D eigenvalue weighted by Gasteiger charge is -2.23. The van der Waals surface area contributed by atoms with E-state index >= 15 is 0 Å². The fourth-order valence-corrected chi connectivity index (χ4v) is 0.498. The van der Waals surface area contributed by atoms with Gasteiger partial charge in [0.1, 0.15) is 12.3 Å². The van der Waals surface area contributed by atoms with Crippen molar-refractivity contribution in [2.75, 3.05) is 7.05 Å². The van der Waals surface area contributed by atoms with Crippen LogP contribution in [0.25, 0.3) is 0 Å². The number of nitrogens with zero attached hydrogens (tertiary/aromatic N) is 1. The number of likely N-dealkylation sites (N-methyl/N-ethyl adjacent to an activating group) is 1. The zero-order valence-corrected chi connectivity index (χ0v) is 6.40. The van der Waals surface area contributed by atoms with Crippen molar-refractivity contribution in [3.63, 3.8) is 0 Å². The minimum absolute atomic E-state index is 0.639. The molecule has 0 aliphatic carbocycles. The lowest BCUT2D eigenvalue weighted by Crippen LogP contribution is -2.41. The van der Waals surface area contributed by atoms with Crippen LogP contribution in [0.5, 0.6) is 0 Å². The Labute approximate surface area is 60.1 Å². The zero-order valence-electron chi connectivity index (χ0n) is 6.40. The molecule has 0 aliphatic rings. The van der Waals surface area contributed by atoms with Gasteiger partial charge >= 0.3 is 5.97 Å². The van der Waals surface area contributed by atoms with E-state index in [1.54, 1.807) is 7.05 Å². The van der Waals surface area contributed by atoms with Gasteiger partial charge in [-0.05, 0) is 20.9 Å². The van der Waals surface area contributed by atoms with Crippen LogP contribution >= 0.6 is 0 Å². The van der Waals surface area contributed by atoms with Crippen LogP contribution in [0, 0.1) is 0 Å². The van der Waals surface area contributed by atoms with Crippen molar-refractivity contribution < 1.29 is 15.0 Å². The molecule has 0 aromatic rings. The van der Waals surface area contributed by atoms with Gasteiger partial charge in [0, 0.05) is 0 Å². The number of aliphatic carboxylic acids is 1. The maximum Gasteiger partial charge on any atom is 0.320 e. The predicted molar refractivity (Wildman–Crippen MR) is 36.5 cm³/mol. The normalized spacial score (nSPS) is 16.9. The third kappa shape index (κ3) is 2.33. The van der Waals surface area contributed by atoms with Crippen molar-refractivity contribution in [3.05, 3.63) is 0 Å². The number of hydrogen-bond acceptors (Lipinski definition) is 3. The third-order valence-corrected chi connectivity index (χ3v) is 1.56. The third-order valence-electron chi connectivity index (χ3n) is 1.56. The van der Waals surface area contributed by atoms with Crippen LogP contribution in [0.15, 0.2) is 0 Å². The molecule has 4 heteroatoms. The Hall–Kier alpha value is -0.610. The summed E-state index contributed by atoms with van der Waals surface area (Å²) in [5.74, 6) is -0.927. The van der Waals surface area contributed by atoms with Gasteiger partial charge in [-0.25, -0.2) is 0 Å². The van der Waals surface area contributed by atoms with Gasteiger partial charge in [0.25, 0.3) is 0 Å². The van der Waals surface area contributed by atoms with Crippen LogP contribution in [0.2, 0.25) is 0 Å². The van der Waals surface area contributed by atoms with E-state index in [2.05, 4.69) is 0 Å². The van der Waals surface area contributed by atoms with Gasteiger partial charge in [0.2, 0.25) is 0 Å². The molecule has 60 valence electrons. The van der Waals surface area contributed by atoms with Gasteiger partial charge in [-0.3, -0.25) is 9.69 Å². The fourth-order valence-electron chi connectivity index (χ4n) is 0.498. The minimum atomic E-state index is -0.927. The van der Waals surface area contributed by atoms with Gasteiger partial charge in [-0.1, -0.05) is 0 Å². The minimum Gasteiger partial charge on any atom is -0.480 e. The number of carboxylic acids is 1. The molecule has 0 fully saturated rings. The Kier molecular flexibility index (Phi) is 3.32. The monoisotopic (exact) mass is 147 g/mol. The van der Waals surface area contributed by atoms with Crippen molar-refractivity contribution in [3.8, 4) is 0 Å². The Bertz CT molecular complexity index is 124. The summed E-state index contributed by atoms with van der Waals surface area (Å²) in [5.41, 5.74) is 0. The molecule has 0 spiro atoms. The van der Waals surface area contributed by atoms with E-state index in [4.69, 9.17) is 10.2 Å². The summed E-state index contributed by atoms with van der Waals surface area (Å²) in [6, 6.07) is -0.639. The Morgan fingerprint density at radius 3 is 2.00 bits per heavy atom. The van der Waals surface area contributed by atoms with E-state index < -0.39 is 18.2 Å². The molecule has 0 aromatic heterocycles. The predicted octanol–water partition coefficient (Wildman–Crippen LogP) is -0.270. The molecule has 0 aromatic carbocycles. The van der Waals surface area contributed by atoms with Crippen LogP contribution in [-0.4, -0.2) is 40.4 Å². The van der Waals surface area contributed by atoms with Gasteiger partial charge in [-0.2, -0.15) is 0 Å². The second kappa shape index (κ2) is 3.53. The van der Waals surface area contributed by atoms with E-state index in [1.165, 1.54) is 18.7 Å². The number of aliphatic hydroxyl groups excluding tert-OH is 1. The lowest BCUT2D eigenvalue weighted by atomic mass is 10.3. The first-order chi connectivity index (χ1) is 4.46. The summed E-state index contributed by atoms with van der Waals surface area (Å²) < 4.78 is 0. The number of hydrogen-bond donors (Lipinski definition) is 2. The summed E-state index contributed by atoms with van der Waals surface area (Å²) >= 11 is 0. The molecule has 0 amide bonds. The van der Waals surface area contributed by atoms with Gasteiger partial charge in [0.15, 0.2) is 0 Å². The summed E-state index contributed by atoms with van der Waals surface area (Å²) in [5, 5.41) is 17.4. The first-order valence-corrected chi connectivity index (χ1v) is 3.09. The number of carboxylic acid groups (broad SMARTS) is 1. The molecule has 0 saturated heterocycles. The van der Waals surface area contributed by atoms with Crippen LogP contribution < -0.4 is 0 Å². The molecule has 2 unspecified atom stereocenters. The lowest BCUT2D eigenvalue weighted by molar-refractivity contribution is -0.145. The Balaban J connectivity index is 3.94. The van der Waals surface area contributed by atoms with Gasteiger partial charge in [-0.15, -0.1) is 0 Å². The molecule has 0 rings (SSSR count). The molecule has 0 saturated carbocycles. The van der Waals surface area contributed by atoms with Crippen LogP contribution in [0.4, 0.5) is 0 Å². The molecule has 2 atom stereocenters. The summed E-state index contributed by atoms with van der Waals surface area (Å²) in [4.78, 5) is 11.7. The van der Waals surface area contributed by atoms with Crippen molar-refractivity contribution in [1.29, 1.82) is 0 Å². The second-order valence-corrected chi connectivity index (χ2v) is 2.31. The summed E-state index contributed by atoms with van der Waals surface area (Å²) in [6.45, 7) is 3.05. The highest BCUT2D eigenvalue weighted by atomic mass is 16.4. The fraction of sp³-hybridized carbons (Fsp3) is 0.833. The summed E-state index contributed by atoms with van der Waals surface area (Å²) in [6.07, 6.45) is -0.717. The van der Waals surface area contributed by atoms with Crippen molar-refractivity contribution in [2.45, 2.75) is 26.1 Å². The smallest absolute Gasteiger partial charge is 0.320 e. The average Bonchev–Trinajstić information content (AvgIpc) is 1.84. The zero-order chi connectivity index (χ0) is 8.31. The highest BCUT2D eigenvalue weighted by molar-refractivity contribution is 5.72. The van der Waals surface area contributed by atoms with E-state index in [0.717, 1.165) is 0 Å². The van der Waals surface area contributed by atoms with E-state index in [0.29, 0.717) is 0 Å². The highest BCUT2D eigenvalue weighted by Crippen LogP contribution is 1.98. The van der Waals surface area contributed by atoms with Gasteiger partial charge < -0.3 is 10.2 Å². The number of aliphatic hydroxyl groups is 1. The summed E-state index contributed by atoms with van der Waals surface area (Å²) in [7, 11) is 1.56. The van der Waals surface area contributed by atoms with Crippen LogP contribution in [0.1, 0.15) is 13.8 Å². The molecule has 0 heterocycles. The van der Waals surface area contributed by atoms with Gasteiger partial charge in [0.05, 0.1) is 0 Å². The number of rotatable bonds is 3. The molecule has 10 heavy (non-hydrogen) atoms. The second-order valence-electron chi connectivity index (χ2n) is 2.31. The molecule has 4 nitrogen and oxygen atoms in total. The van der Waals surface area contributed by atoms with E-state index in [1.807, 2.05) is 0 Å². The largest absolute Gasteiger partial charge is 0.480 e. The highest BCUT2D eigenvalue weighted by Gasteiger charge is 2.19. The van der Waals surface area contributed by atoms with Crippen LogP contribution in [-0.2, 0) is 4.79 Å². The topological polar surface area (TPSA) is 60.8 Å². The van der Waals surface area contributed by atoms with Crippen molar-refractivity contribution >= 4 is 5.97 Å².